The van der Waals surface area contributed by atoms with Gasteiger partial charge in [-0.2, -0.15) is 0 Å². The normalized spacial score (nSPS) is 18.9. The van der Waals surface area contributed by atoms with E-state index in [0.717, 1.165) is 25.2 Å². The second-order valence-electron chi connectivity index (χ2n) is 5.36. The molecule has 2 aromatic carbocycles. The topological polar surface area (TPSA) is 21.3 Å². The van der Waals surface area contributed by atoms with E-state index < -0.39 is 0 Å². The molecule has 0 radical (unpaired) electrons. The third kappa shape index (κ3) is 2.70. The third-order valence-electron chi connectivity index (χ3n) is 4.15. The molecule has 2 atom stereocenters. The van der Waals surface area contributed by atoms with E-state index in [-0.39, 0.29) is 0 Å². The van der Waals surface area contributed by atoms with E-state index in [4.69, 9.17) is 4.74 Å². The van der Waals surface area contributed by atoms with Crippen molar-refractivity contribution in [1.82, 2.24) is 5.32 Å². The average Bonchev–Trinajstić information content (AvgIpc) is 2.53. The Bertz CT molecular complexity index is 552. The second kappa shape index (κ2) is 6.10. The molecule has 1 aliphatic heterocycles. The molecule has 0 fully saturated rings. The lowest BCUT2D eigenvalue weighted by Gasteiger charge is -2.29. The van der Waals surface area contributed by atoms with Gasteiger partial charge in [-0.25, -0.2) is 0 Å². The molecule has 2 heteroatoms. The molecule has 0 saturated heterocycles. The molecule has 0 aromatic heterocycles. The van der Waals surface area contributed by atoms with Crippen molar-refractivity contribution in [1.29, 1.82) is 0 Å². The molecule has 0 amide bonds. The predicted molar refractivity (Wildman–Crippen MR) is 82.2 cm³/mol. The molecular formula is C18H21NO. The molecule has 1 aliphatic rings. The van der Waals surface area contributed by atoms with Crippen LogP contribution in [0.4, 0.5) is 0 Å². The first-order valence-corrected chi connectivity index (χ1v) is 7.32. The van der Waals surface area contributed by atoms with Gasteiger partial charge in [-0.05, 0) is 43.0 Å². The van der Waals surface area contributed by atoms with Gasteiger partial charge in [-0.15, -0.1) is 0 Å². The van der Waals surface area contributed by atoms with Crippen molar-refractivity contribution in [2.24, 2.45) is 0 Å². The lowest BCUT2D eigenvalue weighted by molar-refractivity contribution is 0.256. The van der Waals surface area contributed by atoms with Gasteiger partial charge < -0.3 is 10.1 Å². The van der Waals surface area contributed by atoms with Crippen molar-refractivity contribution in [3.8, 4) is 5.75 Å². The Labute approximate surface area is 120 Å². The molecule has 1 heterocycles. The fourth-order valence-corrected chi connectivity index (χ4v) is 3.05. The standard InChI is InChI=1S/C18H21NO/c1-19-17(14-7-3-2-4-8-14)13-15-11-12-20-18-10-6-5-9-16(15)18/h2-10,15,17,19H,11-13H2,1H3. The third-order valence-corrected chi connectivity index (χ3v) is 4.15. The Morgan fingerprint density at radius 1 is 1.10 bits per heavy atom. The molecule has 2 aromatic rings. The molecule has 0 spiro atoms. The largest absolute Gasteiger partial charge is 0.493 e. The van der Waals surface area contributed by atoms with Crippen molar-refractivity contribution >= 4 is 0 Å². The maximum Gasteiger partial charge on any atom is 0.122 e. The molecule has 0 saturated carbocycles. The SMILES string of the molecule is CNC(CC1CCOc2ccccc21)c1ccccc1. The maximum absolute atomic E-state index is 5.75. The number of nitrogens with one attached hydrogen (secondary N) is 1. The molecule has 20 heavy (non-hydrogen) atoms. The summed E-state index contributed by atoms with van der Waals surface area (Å²) in [5, 5.41) is 3.46. The summed E-state index contributed by atoms with van der Waals surface area (Å²) >= 11 is 0. The Kier molecular flexibility index (Phi) is 4.03. The number of fused-ring (bicyclic) bond motifs is 1. The molecule has 1 N–H and O–H groups in total. The Balaban J connectivity index is 1.81. The average molecular weight is 267 g/mol. The lowest BCUT2D eigenvalue weighted by atomic mass is 9.85. The van der Waals surface area contributed by atoms with E-state index in [1.807, 2.05) is 13.1 Å². The number of rotatable bonds is 4. The van der Waals surface area contributed by atoms with Gasteiger partial charge in [0.05, 0.1) is 6.61 Å². The minimum absolute atomic E-state index is 0.396. The molecule has 3 rings (SSSR count). The summed E-state index contributed by atoms with van der Waals surface area (Å²) in [5.41, 5.74) is 2.72. The van der Waals surface area contributed by atoms with Crippen LogP contribution in [0.1, 0.15) is 35.9 Å². The molecule has 0 aliphatic carbocycles. The molecule has 0 bridgehead atoms. The smallest absolute Gasteiger partial charge is 0.122 e. The van der Waals surface area contributed by atoms with E-state index in [0.29, 0.717) is 12.0 Å². The fourth-order valence-electron chi connectivity index (χ4n) is 3.05. The van der Waals surface area contributed by atoms with Crippen LogP contribution in [0.15, 0.2) is 54.6 Å². The van der Waals surface area contributed by atoms with E-state index in [9.17, 15) is 0 Å². The van der Waals surface area contributed by atoms with Crippen LogP contribution >= 0.6 is 0 Å². The fraction of sp³-hybridized carbons (Fsp3) is 0.333. The number of ether oxygens (including phenoxy) is 1. The first-order chi connectivity index (χ1) is 9.88. The Morgan fingerprint density at radius 3 is 2.65 bits per heavy atom. The van der Waals surface area contributed by atoms with E-state index >= 15 is 0 Å². The van der Waals surface area contributed by atoms with Gasteiger partial charge >= 0.3 is 0 Å². The minimum Gasteiger partial charge on any atom is -0.493 e. The van der Waals surface area contributed by atoms with E-state index in [2.05, 4.69) is 53.8 Å². The van der Waals surface area contributed by atoms with E-state index in [1.54, 1.807) is 0 Å². The van der Waals surface area contributed by atoms with Gasteiger partial charge in [0.25, 0.3) is 0 Å². The number of para-hydroxylation sites is 1. The highest BCUT2D eigenvalue weighted by atomic mass is 16.5. The first-order valence-electron chi connectivity index (χ1n) is 7.32. The van der Waals surface area contributed by atoms with Gasteiger partial charge in [0.2, 0.25) is 0 Å². The first kappa shape index (κ1) is 13.2. The van der Waals surface area contributed by atoms with Gasteiger partial charge in [0.15, 0.2) is 0 Å². The van der Waals surface area contributed by atoms with Gasteiger partial charge in [-0.1, -0.05) is 48.5 Å². The number of benzene rings is 2. The monoisotopic (exact) mass is 267 g/mol. The minimum atomic E-state index is 0.396. The van der Waals surface area contributed by atoms with Crippen molar-refractivity contribution < 1.29 is 4.74 Å². The van der Waals surface area contributed by atoms with Gasteiger partial charge in [0.1, 0.15) is 5.75 Å². The van der Waals surface area contributed by atoms with Crippen molar-refractivity contribution in [3.63, 3.8) is 0 Å². The zero-order valence-electron chi connectivity index (χ0n) is 11.9. The van der Waals surface area contributed by atoms with Crippen molar-refractivity contribution in [2.45, 2.75) is 24.8 Å². The summed E-state index contributed by atoms with van der Waals surface area (Å²) in [6, 6.07) is 19.5. The second-order valence-corrected chi connectivity index (χ2v) is 5.36. The zero-order valence-corrected chi connectivity index (χ0v) is 11.9. The van der Waals surface area contributed by atoms with Crippen molar-refractivity contribution in [2.75, 3.05) is 13.7 Å². The summed E-state index contributed by atoms with van der Waals surface area (Å²) in [6.07, 6.45) is 2.21. The summed E-state index contributed by atoms with van der Waals surface area (Å²) in [7, 11) is 2.04. The Morgan fingerprint density at radius 2 is 1.85 bits per heavy atom. The van der Waals surface area contributed by atoms with Crippen LogP contribution in [0.2, 0.25) is 0 Å². The zero-order chi connectivity index (χ0) is 13.8. The highest BCUT2D eigenvalue weighted by Gasteiger charge is 2.24. The highest BCUT2D eigenvalue weighted by molar-refractivity contribution is 5.38. The Hall–Kier alpha value is -1.80. The number of hydrogen-bond acceptors (Lipinski definition) is 2. The molecule has 2 unspecified atom stereocenters. The summed E-state index contributed by atoms with van der Waals surface area (Å²) in [4.78, 5) is 0. The van der Waals surface area contributed by atoms with Gasteiger partial charge in [-0.3, -0.25) is 0 Å². The number of hydrogen-bond donors (Lipinski definition) is 1. The highest BCUT2D eigenvalue weighted by Crippen LogP contribution is 2.38. The summed E-state index contributed by atoms with van der Waals surface area (Å²) < 4.78 is 5.75. The lowest BCUT2D eigenvalue weighted by Crippen LogP contribution is -2.22. The van der Waals surface area contributed by atoms with Crippen molar-refractivity contribution in [3.05, 3.63) is 65.7 Å². The van der Waals surface area contributed by atoms with E-state index in [1.165, 1.54) is 11.1 Å². The summed E-state index contributed by atoms with van der Waals surface area (Å²) in [5.74, 6) is 1.63. The van der Waals surface area contributed by atoms with Gasteiger partial charge in [0, 0.05) is 6.04 Å². The van der Waals surface area contributed by atoms with Crippen LogP contribution in [0.5, 0.6) is 5.75 Å². The van der Waals surface area contributed by atoms with Crippen LogP contribution < -0.4 is 10.1 Å². The van der Waals surface area contributed by atoms with Crippen LogP contribution in [-0.4, -0.2) is 13.7 Å². The maximum atomic E-state index is 5.75. The quantitative estimate of drug-likeness (QED) is 0.907. The molecule has 2 nitrogen and oxygen atoms in total. The summed E-state index contributed by atoms with van der Waals surface area (Å²) in [6.45, 7) is 0.826. The van der Waals surface area contributed by atoms with Crippen LogP contribution in [-0.2, 0) is 0 Å². The van der Waals surface area contributed by atoms with Crippen LogP contribution in [0, 0.1) is 0 Å². The molecular weight excluding hydrogens is 246 g/mol. The van der Waals surface area contributed by atoms with Crippen LogP contribution in [0.25, 0.3) is 0 Å². The molecule has 104 valence electrons. The predicted octanol–water partition coefficient (Wildman–Crippen LogP) is 3.90. The van der Waals surface area contributed by atoms with Crippen LogP contribution in [0.3, 0.4) is 0 Å².